The maximum Gasteiger partial charge on any atom is 0.303 e. The highest BCUT2D eigenvalue weighted by Crippen LogP contribution is 2.32. The Morgan fingerprint density at radius 3 is 2.11 bits per heavy atom. The van der Waals surface area contributed by atoms with Crippen molar-refractivity contribution in [3.8, 4) is 0 Å². The van der Waals surface area contributed by atoms with Crippen LogP contribution in [-0.2, 0) is 44.7 Å². The van der Waals surface area contributed by atoms with Crippen LogP contribution in [0.5, 0.6) is 0 Å². The molecular weight excluding hydrogens is 368 g/mol. The van der Waals surface area contributed by atoms with Gasteiger partial charge in [-0.1, -0.05) is 37.3 Å². The molecule has 1 aliphatic heterocycles. The molecule has 2 unspecified atom stereocenters. The van der Waals surface area contributed by atoms with E-state index in [1.165, 1.54) is 20.8 Å². The number of carbonyl (C=O) groups is 3. The number of ether oxygens (including phenoxy) is 5. The highest BCUT2D eigenvalue weighted by Gasteiger charge is 2.48. The number of hydrogen-bond acceptors (Lipinski definition) is 8. The number of benzene rings is 1. The van der Waals surface area contributed by atoms with Gasteiger partial charge in [-0.25, -0.2) is 0 Å². The zero-order valence-corrected chi connectivity index (χ0v) is 16.5. The van der Waals surface area contributed by atoms with Crippen LogP contribution in [0, 0.1) is 5.92 Å². The molecule has 8 nitrogen and oxygen atoms in total. The van der Waals surface area contributed by atoms with Crippen LogP contribution >= 0.6 is 0 Å². The van der Waals surface area contributed by atoms with E-state index in [4.69, 9.17) is 23.7 Å². The molecule has 2 rings (SSSR count). The predicted octanol–water partition coefficient (Wildman–Crippen LogP) is 1.99. The van der Waals surface area contributed by atoms with E-state index >= 15 is 0 Å². The van der Waals surface area contributed by atoms with Crippen molar-refractivity contribution in [2.24, 2.45) is 5.92 Å². The van der Waals surface area contributed by atoms with Gasteiger partial charge in [0.25, 0.3) is 0 Å². The summed E-state index contributed by atoms with van der Waals surface area (Å²) in [7, 11) is 0. The standard InChI is InChI=1S/C20H26O8/c1-12-17(11-24-13(2)21)28-20(25-10-16-8-6-5-7-9-16)19(27-15(4)23)18(12)26-14(3)22/h5-9,12,17-20H,10-11H2,1-4H3/t12-,17?,18?,19+,20-/m1/s1. The molecule has 0 aromatic heterocycles. The Kier molecular flexibility index (Phi) is 7.95. The molecule has 0 N–H and O–H groups in total. The van der Waals surface area contributed by atoms with Crippen LogP contribution in [0.25, 0.3) is 0 Å². The molecule has 0 amide bonds. The van der Waals surface area contributed by atoms with Crippen molar-refractivity contribution in [2.45, 2.75) is 58.9 Å². The average molecular weight is 394 g/mol. The van der Waals surface area contributed by atoms with Crippen molar-refractivity contribution in [2.75, 3.05) is 6.61 Å². The fourth-order valence-electron chi connectivity index (χ4n) is 3.00. The summed E-state index contributed by atoms with van der Waals surface area (Å²) in [6.45, 7) is 5.76. The lowest BCUT2D eigenvalue weighted by molar-refractivity contribution is -0.297. The summed E-state index contributed by atoms with van der Waals surface area (Å²) >= 11 is 0. The largest absolute Gasteiger partial charge is 0.463 e. The van der Waals surface area contributed by atoms with E-state index < -0.39 is 48.4 Å². The lowest BCUT2D eigenvalue weighted by atomic mass is 9.90. The Hall–Kier alpha value is -2.45. The Bertz CT molecular complexity index is 674. The van der Waals surface area contributed by atoms with E-state index in [0.717, 1.165) is 5.56 Å². The normalized spacial score (nSPS) is 26.9. The number of rotatable bonds is 7. The molecule has 1 fully saturated rings. The van der Waals surface area contributed by atoms with Gasteiger partial charge in [0.1, 0.15) is 18.8 Å². The second-order valence-corrected chi connectivity index (χ2v) is 6.65. The highest BCUT2D eigenvalue weighted by atomic mass is 16.7. The molecule has 1 saturated heterocycles. The van der Waals surface area contributed by atoms with E-state index in [0.29, 0.717) is 0 Å². The molecule has 1 heterocycles. The van der Waals surface area contributed by atoms with E-state index in [1.54, 1.807) is 6.92 Å². The summed E-state index contributed by atoms with van der Waals surface area (Å²) in [6.07, 6.45) is -3.35. The Morgan fingerprint density at radius 1 is 0.929 bits per heavy atom. The van der Waals surface area contributed by atoms with Crippen molar-refractivity contribution >= 4 is 17.9 Å². The SMILES string of the molecule is CC(=O)OCC1O[C@@H](OCc2ccccc2)[C@@H](OC(C)=O)C(OC(C)=O)[C@@H]1C. The van der Waals surface area contributed by atoms with Crippen LogP contribution in [-0.4, -0.2) is 49.1 Å². The van der Waals surface area contributed by atoms with Gasteiger partial charge in [-0.15, -0.1) is 0 Å². The summed E-state index contributed by atoms with van der Waals surface area (Å²) in [5.41, 5.74) is 0.895. The van der Waals surface area contributed by atoms with Crippen molar-refractivity contribution in [3.05, 3.63) is 35.9 Å². The zero-order valence-electron chi connectivity index (χ0n) is 16.5. The topological polar surface area (TPSA) is 97.4 Å². The molecule has 0 aliphatic carbocycles. The average Bonchev–Trinajstić information content (AvgIpc) is 2.63. The third-order valence-electron chi connectivity index (χ3n) is 4.32. The van der Waals surface area contributed by atoms with Crippen LogP contribution in [0.15, 0.2) is 30.3 Å². The molecular formula is C20H26O8. The molecule has 5 atom stereocenters. The number of esters is 3. The molecule has 8 heteroatoms. The Labute approximate surface area is 164 Å². The van der Waals surface area contributed by atoms with Crippen molar-refractivity contribution in [1.29, 1.82) is 0 Å². The third-order valence-corrected chi connectivity index (χ3v) is 4.32. The van der Waals surface area contributed by atoms with Crippen LogP contribution in [0.3, 0.4) is 0 Å². The smallest absolute Gasteiger partial charge is 0.303 e. The van der Waals surface area contributed by atoms with Gasteiger partial charge in [-0.3, -0.25) is 14.4 Å². The van der Waals surface area contributed by atoms with Crippen LogP contribution in [0.1, 0.15) is 33.3 Å². The predicted molar refractivity (Wildman–Crippen MR) is 96.8 cm³/mol. The molecule has 154 valence electrons. The fraction of sp³-hybridized carbons (Fsp3) is 0.550. The summed E-state index contributed by atoms with van der Waals surface area (Å²) in [4.78, 5) is 34.4. The monoisotopic (exact) mass is 394 g/mol. The minimum atomic E-state index is -0.995. The van der Waals surface area contributed by atoms with Crippen molar-refractivity contribution in [3.63, 3.8) is 0 Å². The highest BCUT2D eigenvalue weighted by molar-refractivity contribution is 5.67. The van der Waals surface area contributed by atoms with Gasteiger partial charge >= 0.3 is 17.9 Å². The summed E-state index contributed by atoms with van der Waals surface area (Å²) in [5, 5.41) is 0. The number of hydrogen-bond donors (Lipinski definition) is 0. The number of carbonyl (C=O) groups excluding carboxylic acids is 3. The van der Waals surface area contributed by atoms with Crippen molar-refractivity contribution < 1.29 is 38.1 Å². The molecule has 28 heavy (non-hydrogen) atoms. The van der Waals surface area contributed by atoms with Gasteiger partial charge < -0.3 is 23.7 Å². The van der Waals surface area contributed by atoms with Gasteiger partial charge in [-0.2, -0.15) is 0 Å². The second-order valence-electron chi connectivity index (χ2n) is 6.65. The first-order valence-electron chi connectivity index (χ1n) is 9.06. The first kappa shape index (κ1) is 21.8. The lowest BCUT2D eigenvalue weighted by Crippen LogP contribution is -2.58. The fourth-order valence-corrected chi connectivity index (χ4v) is 3.00. The van der Waals surface area contributed by atoms with E-state index in [9.17, 15) is 14.4 Å². The molecule has 1 aromatic rings. The van der Waals surface area contributed by atoms with Gasteiger partial charge in [0.05, 0.1) is 6.61 Å². The van der Waals surface area contributed by atoms with Crippen LogP contribution in [0.4, 0.5) is 0 Å². The molecule has 1 aromatic carbocycles. The lowest BCUT2D eigenvalue weighted by Gasteiger charge is -2.43. The van der Waals surface area contributed by atoms with Gasteiger partial charge in [0.15, 0.2) is 12.4 Å². The molecule has 1 aliphatic rings. The zero-order chi connectivity index (χ0) is 20.7. The van der Waals surface area contributed by atoms with E-state index in [-0.39, 0.29) is 13.2 Å². The first-order valence-corrected chi connectivity index (χ1v) is 9.06. The molecule has 0 saturated carbocycles. The maximum absolute atomic E-state index is 11.6. The quantitative estimate of drug-likeness (QED) is 0.512. The Balaban J connectivity index is 2.22. The van der Waals surface area contributed by atoms with Crippen LogP contribution < -0.4 is 0 Å². The minimum absolute atomic E-state index is 0.0355. The van der Waals surface area contributed by atoms with Gasteiger partial charge in [0.2, 0.25) is 0 Å². The molecule has 0 radical (unpaired) electrons. The summed E-state index contributed by atoms with van der Waals surface area (Å²) in [5.74, 6) is -1.93. The second kappa shape index (κ2) is 10.2. The van der Waals surface area contributed by atoms with Crippen LogP contribution in [0.2, 0.25) is 0 Å². The first-order chi connectivity index (χ1) is 13.3. The molecule has 0 bridgehead atoms. The van der Waals surface area contributed by atoms with E-state index in [2.05, 4.69) is 0 Å². The maximum atomic E-state index is 11.6. The Morgan fingerprint density at radius 2 is 1.54 bits per heavy atom. The van der Waals surface area contributed by atoms with E-state index in [1.807, 2.05) is 30.3 Å². The minimum Gasteiger partial charge on any atom is -0.463 e. The summed E-state index contributed by atoms with van der Waals surface area (Å²) in [6, 6.07) is 9.39. The molecule has 0 spiro atoms. The third kappa shape index (κ3) is 6.31. The summed E-state index contributed by atoms with van der Waals surface area (Å²) < 4.78 is 27.6. The van der Waals surface area contributed by atoms with Crippen molar-refractivity contribution in [1.82, 2.24) is 0 Å². The van der Waals surface area contributed by atoms with Gasteiger partial charge in [0, 0.05) is 26.7 Å². The van der Waals surface area contributed by atoms with Gasteiger partial charge in [-0.05, 0) is 5.56 Å².